The maximum atomic E-state index is 12.3. The highest BCUT2D eigenvalue weighted by Crippen LogP contribution is 2.21. The van der Waals surface area contributed by atoms with E-state index in [1.54, 1.807) is 31.4 Å². The number of hydrogen-bond acceptors (Lipinski definition) is 4. The van der Waals surface area contributed by atoms with Crippen LogP contribution in [0.5, 0.6) is 5.75 Å². The molecule has 0 fully saturated rings. The maximum absolute atomic E-state index is 12.3. The molecule has 26 heavy (non-hydrogen) atoms. The van der Waals surface area contributed by atoms with Crippen LogP contribution in [0.25, 0.3) is 5.69 Å². The van der Waals surface area contributed by atoms with Gasteiger partial charge in [0.05, 0.1) is 18.8 Å². The third kappa shape index (κ3) is 4.95. The first-order valence-corrected chi connectivity index (χ1v) is 8.56. The van der Waals surface area contributed by atoms with E-state index in [1.165, 1.54) is 22.9 Å². The predicted octanol–water partition coefficient (Wildman–Crippen LogP) is 2.37. The highest BCUT2D eigenvalue weighted by molar-refractivity contribution is 5.93. The molecule has 1 atom stereocenters. The van der Waals surface area contributed by atoms with Crippen molar-refractivity contribution in [2.75, 3.05) is 13.7 Å². The van der Waals surface area contributed by atoms with Crippen LogP contribution in [0, 0.1) is 5.41 Å². The fraction of sp³-hybridized carbons (Fsp3) is 0.400. The molecule has 6 nitrogen and oxygen atoms in total. The molecule has 1 aromatic heterocycles. The molecule has 0 aliphatic heterocycles. The summed E-state index contributed by atoms with van der Waals surface area (Å²) in [6.45, 7) is 6.21. The normalized spacial score (nSPS) is 12.5. The van der Waals surface area contributed by atoms with E-state index >= 15 is 0 Å². The van der Waals surface area contributed by atoms with Gasteiger partial charge in [0.15, 0.2) is 0 Å². The number of carbonyl (C=O) groups is 1. The second-order valence-electron chi connectivity index (χ2n) is 7.25. The highest BCUT2D eigenvalue weighted by Gasteiger charge is 2.21. The number of methoxy groups -OCH3 is 1. The Labute approximate surface area is 153 Å². The van der Waals surface area contributed by atoms with Crippen LogP contribution < -0.4 is 15.6 Å². The fourth-order valence-electron chi connectivity index (χ4n) is 2.42. The molecule has 0 spiro atoms. The van der Waals surface area contributed by atoms with Crippen molar-refractivity contribution in [1.29, 1.82) is 0 Å². The van der Waals surface area contributed by atoms with E-state index in [2.05, 4.69) is 5.32 Å². The van der Waals surface area contributed by atoms with Gasteiger partial charge in [0.2, 0.25) is 0 Å². The lowest BCUT2D eigenvalue weighted by atomic mass is 9.87. The average Bonchev–Trinajstić information content (AvgIpc) is 2.61. The topological polar surface area (TPSA) is 80.6 Å². The van der Waals surface area contributed by atoms with Crippen LogP contribution in [0.3, 0.4) is 0 Å². The molecular weight excluding hydrogens is 332 g/mol. The highest BCUT2D eigenvalue weighted by atomic mass is 16.5. The first-order valence-electron chi connectivity index (χ1n) is 8.56. The summed E-state index contributed by atoms with van der Waals surface area (Å²) >= 11 is 0. The number of rotatable bonds is 6. The summed E-state index contributed by atoms with van der Waals surface area (Å²) in [6, 6.07) is 9.87. The van der Waals surface area contributed by atoms with Gasteiger partial charge >= 0.3 is 0 Å². The molecule has 2 aromatic rings. The molecule has 0 aliphatic rings. The van der Waals surface area contributed by atoms with Gasteiger partial charge in [-0.3, -0.25) is 14.2 Å². The second kappa shape index (κ2) is 8.19. The lowest BCUT2D eigenvalue weighted by Gasteiger charge is -2.25. The predicted molar refractivity (Wildman–Crippen MR) is 101 cm³/mol. The van der Waals surface area contributed by atoms with Crippen LogP contribution in [0.2, 0.25) is 0 Å². The van der Waals surface area contributed by atoms with Crippen molar-refractivity contribution in [2.45, 2.75) is 33.3 Å². The van der Waals surface area contributed by atoms with Gasteiger partial charge in [-0.1, -0.05) is 20.8 Å². The summed E-state index contributed by atoms with van der Waals surface area (Å²) in [6.07, 6.45) is 1.48. The fourth-order valence-corrected chi connectivity index (χ4v) is 2.42. The first kappa shape index (κ1) is 19.7. The van der Waals surface area contributed by atoms with Gasteiger partial charge in [0.25, 0.3) is 11.5 Å². The van der Waals surface area contributed by atoms with Crippen molar-refractivity contribution in [3.8, 4) is 11.4 Å². The zero-order valence-corrected chi connectivity index (χ0v) is 15.7. The lowest BCUT2D eigenvalue weighted by molar-refractivity contribution is 0.0551. The number of aliphatic hydroxyl groups is 1. The van der Waals surface area contributed by atoms with Gasteiger partial charge in [-0.25, -0.2) is 0 Å². The lowest BCUT2D eigenvalue weighted by Crippen LogP contribution is -2.33. The van der Waals surface area contributed by atoms with E-state index < -0.39 is 6.10 Å². The number of hydrogen-bond donors (Lipinski definition) is 2. The minimum atomic E-state index is -0.504. The van der Waals surface area contributed by atoms with Crippen molar-refractivity contribution in [2.24, 2.45) is 5.41 Å². The van der Waals surface area contributed by atoms with E-state index in [1.807, 2.05) is 20.8 Å². The molecular formula is C20H26N2O4. The number of carbonyl (C=O) groups excluding carboxylic acids is 1. The summed E-state index contributed by atoms with van der Waals surface area (Å²) in [5.41, 5.74) is 0.570. The Kier molecular flexibility index (Phi) is 6.21. The number of aromatic nitrogens is 1. The van der Waals surface area contributed by atoms with E-state index in [-0.39, 0.29) is 16.9 Å². The Morgan fingerprint density at radius 3 is 2.42 bits per heavy atom. The van der Waals surface area contributed by atoms with Gasteiger partial charge in [-0.05, 0) is 42.2 Å². The zero-order chi connectivity index (χ0) is 19.3. The molecule has 1 unspecified atom stereocenters. The molecule has 140 valence electrons. The molecule has 1 heterocycles. The van der Waals surface area contributed by atoms with Crippen molar-refractivity contribution in [3.05, 3.63) is 58.5 Å². The Bertz CT molecular complexity index is 804. The maximum Gasteiger partial charge on any atom is 0.255 e. The molecule has 2 N–H and O–H groups in total. The summed E-state index contributed by atoms with van der Waals surface area (Å²) in [4.78, 5) is 24.5. The Balaban J connectivity index is 2.10. The van der Waals surface area contributed by atoms with Gasteiger partial charge < -0.3 is 15.2 Å². The number of aliphatic hydroxyl groups excluding tert-OH is 1. The van der Waals surface area contributed by atoms with Crippen molar-refractivity contribution in [3.63, 3.8) is 0 Å². The van der Waals surface area contributed by atoms with Crippen LogP contribution in [-0.4, -0.2) is 35.3 Å². The standard InChI is InChI=1S/C20H26N2O4/c1-20(2,3)17(23)11-12-21-19(25)14-5-10-18(24)22(13-14)15-6-8-16(26-4)9-7-15/h5-10,13,17,23H,11-12H2,1-4H3,(H,21,25). The minimum absolute atomic E-state index is 0.227. The largest absolute Gasteiger partial charge is 0.497 e. The number of nitrogens with zero attached hydrogens (tertiary/aromatic N) is 1. The number of benzene rings is 1. The van der Waals surface area contributed by atoms with Crippen LogP contribution in [0.1, 0.15) is 37.6 Å². The number of nitrogens with one attached hydrogen (secondary N) is 1. The molecule has 1 amide bonds. The number of amides is 1. The van der Waals surface area contributed by atoms with Crippen molar-refractivity contribution in [1.82, 2.24) is 9.88 Å². The Morgan fingerprint density at radius 1 is 1.19 bits per heavy atom. The molecule has 0 radical (unpaired) electrons. The quantitative estimate of drug-likeness (QED) is 0.831. The average molecular weight is 358 g/mol. The van der Waals surface area contributed by atoms with Gasteiger partial charge in [-0.15, -0.1) is 0 Å². The molecule has 0 saturated heterocycles. The molecule has 2 rings (SSSR count). The third-order valence-electron chi connectivity index (χ3n) is 4.23. The number of ether oxygens (including phenoxy) is 1. The molecule has 1 aromatic carbocycles. The summed E-state index contributed by atoms with van der Waals surface area (Å²) < 4.78 is 6.53. The molecule has 0 bridgehead atoms. The SMILES string of the molecule is COc1ccc(-n2cc(C(=O)NCCC(O)C(C)(C)C)ccc2=O)cc1. The molecule has 0 saturated carbocycles. The summed E-state index contributed by atoms with van der Waals surface area (Å²) in [7, 11) is 1.57. The Hall–Kier alpha value is -2.60. The van der Waals surface area contributed by atoms with Gasteiger partial charge in [0.1, 0.15) is 5.75 Å². The molecule has 0 aliphatic carbocycles. The van der Waals surface area contributed by atoms with E-state index in [0.29, 0.717) is 30.0 Å². The van der Waals surface area contributed by atoms with Crippen molar-refractivity contribution >= 4 is 5.91 Å². The van der Waals surface area contributed by atoms with E-state index in [9.17, 15) is 14.7 Å². The second-order valence-corrected chi connectivity index (χ2v) is 7.25. The molecule has 6 heteroatoms. The monoisotopic (exact) mass is 358 g/mol. The smallest absolute Gasteiger partial charge is 0.255 e. The summed E-state index contributed by atoms with van der Waals surface area (Å²) in [5.74, 6) is 0.404. The van der Waals surface area contributed by atoms with Crippen LogP contribution in [0.4, 0.5) is 0 Å². The van der Waals surface area contributed by atoms with E-state index in [4.69, 9.17) is 4.74 Å². The minimum Gasteiger partial charge on any atom is -0.497 e. The van der Waals surface area contributed by atoms with Crippen LogP contribution in [0.15, 0.2) is 47.4 Å². The van der Waals surface area contributed by atoms with Crippen LogP contribution >= 0.6 is 0 Å². The number of pyridine rings is 1. The third-order valence-corrected chi connectivity index (χ3v) is 4.23. The van der Waals surface area contributed by atoms with Gasteiger partial charge in [0, 0.05) is 24.5 Å². The van der Waals surface area contributed by atoms with Crippen LogP contribution in [-0.2, 0) is 0 Å². The Morgan fingerprint density at radius 2 is 1.85 bits per heavy atom. The van der Waals surface area contributed by atoms with E-state index in [0.717, 1.165) is 0 Å². The zero-order valence-electron chi connectivity index (χ0n) is 15.7. The summed E-state index contributed by atoms with van der Waals surface area (Å²) in [5, 5.41) is 12.8. The first-order chi connectivity index (χ1) is 12.2. The van der Waals surface area contributed by atoms with Crippen molar-refractivity contribution < 1.29 is 14.6 Å². The van der Waals surface area contributed by atoms with Gasteiger partial charge in [-0.2, -0.15) is 0 Å².